The van der Waals surface area contributed by atoms with E-state index in [9.17, 15) is 0 Å². The Labute approximate surface area is 279 Å². The summed E-state index contributed by atoms with van der Waals surface area (Å²) in [6, 6.07) is 62.0. The summed E-state index contributed by atoms with van der Waals surface area (Å²) in [5, 5.41) is 3.07. The molecular weight excluding hydrogens is 585 g/mol. The first-order chi connectivity index (χ1) is 23.8. The van der Waals surface area contributed by atoms with Crippen molar-refractivity contribution in [3.8, 4) is 33.4 Å². The maximum absolute atomic E-state index is 6.57. The predicted octanol–water partition coefficient (Wildman–Crippen LogP) is 12.6. The molecule has 0 N–H and O–H groups in total. The van der Waals surface area contributed by atoms with Crippen LogP contribution in [0.5, 0.6) is 0 Å². The third-order valence-electron chi connectivity index (χ3n) is 9.09. The molecule has 0 bridgehead atoms. The van der Waals surface area contributed by atoms with Gasteiger partial charge in [0.2, 0.25) is 0 Å². The van der Waals surface area contributed by atoms with E-state index in [1.54, 1.807) is 0 Å². The van der Waals surface area contributed by atoms with Crippen LogP contribution in [0.1, 0.15) is 0 Å². The van der Waals surface area contributed by atoms with Gasteiger partial charge in [0, 0.05) is 28.3 Å². The smallest absolute Gasteiger partial charge is 0.163 e. The molecule has 226 valence electrons. The van der Waals surface area contributed by atoms with E-state index in [1.807, 2.05) is 24.4 Å². The molecule has 0 saturated heterocycles. The number of pyridine rings is 1. The first kappa shape index (κ1) is 27.8. The average molecular weight is 615 g/mol. The highest BCUT2D eigenvalue weighted by Crippen LogP contribution is 2.44. The maximum atomic E-state index is 6.57. The lowest BCUT2D eigenvalue weighted by Gasteiger charge is -2.27. The van der Waals surface area contributed by atoms with Crippen LogP contribution in [-0.4, -0.2) is 4.98 Å². The summed E-state index contributed by atoms with van der Waals surface area (Å²) >= 11 is 0. The molecule has 9 aromatic rings. The Bertz CT molecular complexity index is 2550. The van der Waals surface area contributed by atoms with Crippen LogP contribution in [0, 0.1) is 0 Å². The quantitative estimate of drug-likeness (QED) is 0.187. The van der Waals surface area contributed by atoms with Gasteiger partial charge < -0.3 is 9.32 Å². The Balaban J connectivity index is 1.25. The molecule has 48 heavy (non-hydrogen) atoms. The molecule has 7 aromatic carbocycles. The van der Waals surface area contributed by atoms with Crippen LogP contribution < -0.4 is 4.90 Å². The van der Waals surface area contributed by atoms with Crippen LogP contribution in [0.2, 0.25) is 0 Å². The molecule has 3 nitrogen and oxygen atoms in total. The number of anilines is 3. The van der Waals surface area contributed by atoms with Crippen molar-refractivity contribution in [1.82, 2.24) is 4.98 Å². The fraction of sp³-hybridized carbons (Fsp3) is 0. The molecule has 0 radical (unpaired) electrons. The zero-order valence-corrected chi connectivity index (χ0v) is 26.1. The fourth-order valence-corrected chi connectivity index (χ4v) is 6.76. The third-order valence-corrected chi connectivity index (χ3v) is 9.09. The SMILES string of the molecule is c1ccc(-c2ccc(-c3cccc(N(c4cccc(-c5ccccc5)c4)c4cccc5cnc6c7ccccc7oc6c45)c3)cc2)cc1. The van der Waals surface area contributed by atoms with Gasteiger partial charge in [0.25, 0.3) is 0 Å². The highest BCUT2D eigenvalue weighted by molar-refractivity contribution is 6.17. The maximum Gasteiger partial charge on any atom is 0.163 e. The summed E-state index contributed by atoms with van der Waals surface area (Å²) in [7, 11) is 0. The van der Waals surface area contributed by atoms with Gasteiger partial charge in [0.05, 0.1) is 11.1 Å². The minimum absolute atomic E-state index is 0.793. The number of furan rings is 1. The molecule has 9 rings (SSSR count). The number of aromatic nitrogens is 1. The lowest BCUT2D eigenvalue weighted by molar-refractivity contribution is 0.672. The number of rotatable bonds is 6. The van der Waals surface area contributed by atoms with Gasteiger partial charge >= 0.3 is 0 Å². The van der Waals surface area contributed by atoms with E-state index in [4.69, 9.17) is 9.40 Å². The van der Waals surface area contributed by atoms with Crippen LogP contribution in [0.25, 0.3) is 66.2 Å². The van der Waals surface area contributed by atoms with Gasteiger partial charge in [0.15, 0.2) is 5.58 Å². The zero-order chi connectivity index (χ0) is 31.9. The van der Waals surface area contributed by atoms with Gasteiger partial charge in [-0.1, -0.05) is 133 Å². The van der Waals surface area contributed by atoms with E-state index in [2.05, 4.69) is 163 Å². The molecule has 0 saturated carbocycles. The van der Waals surface area contributed by atoms with E-state index in [0.717, 1.165) is 66.6 Å². The number of benzene rings is 7. The number of fused-ring (bicyclic) bond motifs is 5. The fourth-order valence-electron chi connectivity index (χ4n) is 6.76. The lowest BCUT2D eigenvalue weighted by Crippen LogP contribution is -2.11. The summed E-state index contributed by atoms with van der Waals surface area (Å²) in [4.78, 5) is 7.22. The molecule has 0 aliphatic rings. The first-order valence-corrected chi connectivity index (χ1v) is 16.2. The van der Waals surface area contributed by atoms with Crippen molar-refractivity contribution in [2.75, 3.05) is 4.90 Å². The van der Waals surface area contributed by atoms with Crippen molar-refractivity contribution in [1.29, 1.82) is 0 Å². The zero-order valence-electron chi connectivity index (χ0n) is 26.1. The second-order valence-electron chi connectivity index (χ2n) is 12.0. The second-order valence-corrected chi connectivity index (χ2v) is 12.0. The Morgan fingerprint density at radius 1 is 0.438 bits per heavy atom. The van der Waals surface area contributed by atoms with Crippen molar-refractivity contribution in [3.63, 3.8) is 0 Å². The van der Waals surface area contributed by atoms with Gasteiger partial charge in [-0.05, 0) is 75.8 Å². The molecule has 0 spiro atoms. The molecule has 0 fully saturated rings. The second kappa shape index (κ2) is 11.7. The molecule has 0 aliphatic carbocycles. The minimum atomic E-state index is 0.793. The van der Waals surface area contributed by atoms with Gasteiger partial charge in [-0.3, -0.25) is 4.98 Å². The Hall–Kier alpha value is -6.45. The highest BCUT2D eigenvalue weighted by Gasteiger charge is 2.21. The molecule has 3 heteroatoms. The topological polar surface area (TPSA) is 29.3 Å². The van der Waals surface area contributed by atoms with Crippen molar-refractivity contribution in [3.05, 3.63) is 182 Å². The van der Waals surface area contributed by atoms with Gasteiger partial charge in [0.1, 0.15) is 11.1 Å². The van der Waals surface area contributed by atoms with Crippen LogP contribution in [0.15, 0.2) is 187 Å². The summed E-state index contributed by atoms with van der Waals surface area (Å²) in [6.07, 6.45) is 1.96. The lowest BCUT2D eigenvalue weighted by atomic mass is 9.99. The predicted molar refractivity (Wildman–Crippen MR) is 200 cm³/mol. The van der Waals surface area contributed by atoms with Crippen molar-refractivity contribution in [2.24, 2.45) is 0 Å². The van der Waals surface area contributed by atoms with E-state index in [0.29, 0.717) is 0 Å². The first-order valence-electron chi connectivity index (χ1n) is 16.2. The standard InChI is InChI=1S/C45H30N2O/c1-3-12-31(13-4-1)33-24-26-34(27-25-33)36-17-10-20-39(29-36)47(38-19-9-16-35(28-38)32-14-5-2-6-15-32)41-22-11-18-37-30-46-44-40-21-7-8-23-42(40)48-45(44)43(37)41/h1-30H. The monoisotopic (exact) mass is 614 g/mol. The Kier molecular flexibility index (Phi) is 6.80. The normalized spacial score (nSPS) is 11.3. The molecule has 0 aliphatic heterocycles. The van der Waals surface area contributed by atoms with E-state index in [-0.39, 0.29) is 0 Å². The van der Waals surface area contributed by atoms with Crippen molar-refractivity contribution in [2.45, 2.75) is 0 Å². The van der Waals surface area contributed by atoms with E-state index < -0.39 is 0 Å². The van der Waals surface area contributed by atoms with Crippen LogP contribution >= 0.6 is 0 Å². The Morgan fingerprint density at radius 2 is 0.958 bits per heavy atom. The Morgan fingerprint density at radius 3 is 1.62 bits per heavy atom. The van der Waals surface area contributed by atoms with Crippen LogP contribution in [0.4, 0.5) is 17.1 Å². The van der Waals surface area contributed by atoms with Gasteiger partial charge in [-0.2, -0.15) is 0 Å². The van der Waals surface area contributed by atoms with Crippen LogP contribution in [-0.2, 0) is 0 Å². The molecule has 0 unspecified atom stereocenters. The van der Waals surface area contributed by atoms with Gasteiger partial charge in [-0.15, -0.1) is 0 Å². The molecule has 2 heterocycles. The number of hydrogen-bond donors (Lipinski definition) is 0. The molecule has 0 amide bonds. The average Bonchev–Trinajstić information content (AvgIpc) is 3.55. The van der Waals surface area contributed by atoms with Crippen LogP contribution in [0.3, 0.4) is 0 Å². The number of para-hydroxylation sites is 1. The summed E-state index contributed by atoms with van der Waals surface area (Å²) in [6.45, 7) is 0. The summed E-state index contributed by atoms with van der Waals surface area (Å²) < 4.78 is 6.57. The van der Waals surface area contributed by atoms with Gasteiger partial charge in [-0.25, -0.2) is 0 Å². The number of hydrogen-bond acceptors (Lipinski definition) is 3. The van der Waals surface area contributed by atoms with E-state index in [1.165, 1.54) is 16.7 Å². The largest absolute Gasteiger partial charge is 0.454 e. The minimum Gasteiger partial charge on any atom is -0.454 e. The summed E-state index contributed by atoms with van der Waals surface area (Å²) in [5.74, 6) is 0. The summed E-state index contributed by atoms with van der Waals surface area (Å²) in [5.41, 5.74) is 12.7. The van der Waals surface area contributed by atoms with Crippen molar-refractivity contribution >= 4 is 49.9 Å². The molecule has 0 atom stereocenters. The number of nitrogens with zero attached hydrogens (tertiary/aromatic N) is 2. The van der Waals surface area contributed by atoms with Crippen molar-refractivity contribution < 1.29 is 4.42 Å². The molecule has 2 aromatic heterocycles. The third kappa shape index (κ3) is 4.90. The molecular formula is C45H30N2O. The highest BCUT2D eigenvalue weighted by atomic mass is 16.3. The van der Waals surface area contributed by atoms with E-state index >= 15 is 0 Å².